The molecule has 9 heteroatoms. The maximum Gasteiger partial charge on any atom is 0.308 e. The van der Waals surface area contributed by atoms with E-state index in [9.17, 15) is 14.4 Å². The van der Waals surface area contributed by atoms with Crippen molar-refractivity contribution in [1.29, 1.82) is 0 Å². The number of hydrogen-bond donors (Lipinski definition) is 0. The van der Waals surface area contributed by atoms with Gasteiger partial charge >= 0.3 is 17.9 Å². The molecule has 0 N–H and O–H groups in total. The summed E-state index contributed by atoms with van der Waals surface area (Å²) in [4.78, 5) is 35.3. The Morgan fingerprint density at radius 3 is 1.69 bits per heavy atom. The van der Waals surface area contributed by atoms with E-state index in [-0.39, 0.29) is 34.5 Å². The van der Waals surface area contributed by atoms with Crippen LogP contribution in [0.5, 0.6) is 34.5 Å². The topological polar surface area (TPSA) is 107 Å². The van der Waals surface area contributed by atoms with Crippen molar-refractivity contribution in [3.63, 3.8) is 0 Å². The lowest BCUT2D eigenvalue weighted by molar-refractivity contribution is -0.133. The Kier molecular flexibility index (Phi) is 6.38. The third kappa shape index (κ3) is 4.09. The molecule has 0 fully saturated rings. The molecule has 0 bridgehead atoms. The first kappa shape index (κ1) is 22.7. The summed E-state index contributed by atoms with van der Waals surface area (Å²) < 4.78 is 32.5. The maximum absolute atomic E-state index is 11.9. The molecule has 0 saturated carbocycles. The summed E-state index contributed by atoms with van der Waals surface area (Å²) in [5.41, 5.74) is 0. The Labute approximate surface area is 183 Å². The molecule has 3 rings (SSSR count). The highest BCUT2D eigenvalue weighted by Gasteiger charge is 2.27. The van der Waals surface area contributed by atoms with Crippen molar-refractivity contribution >= 4 is 39.5 Å². The number of hydrogen-bond acceptors (Lipinski definition) is 9. The van der Waals surface area contributed by atoms with Crippen molar-refractivity contribution < 1.29 is 42.8 Å². The molecular formula is C23H22O9. The van der Waals surface area contributed by atoms with Crippen molar-refractivity contribution in [1.82, 2.24) is 0 Å². The zero-order chi connectivity index (χ0) is 23.6. The number of benzene rings is 3. The SMILES string of the molecule is COc1cc2c(ccc3c(OC(C)=O)c(OC)c(OC)c(OC(C)=O)c32)cc1OC(C)=O. The zero-order valence-electron chi connectivity index (χ0n) is 18.5. The second-order valence-corrected chi connectivity index (χ2v) is 6.72. The number of carbonyl (C=O) groups is 3. The van der Waals surface area contributed by atoms with Gasteiger partial charge in [0.1, 0.15) is 0 Å². The van der Waals surface area contributed by atoms with Gasteiger partial charge in [0, 0.05) is 31.5 Å². The second kappa shape index (κ2) is 9.01. The molecule has 3 aromatic rings. The fourth-order valence-corrected chi connectivity index (χ4v) is 3.46. The minimum Gasteiger partial charge on any atom is -0.493 e. The molecule has 0 aromatic heterocycles. The maximum atomic E-state index is 11.9. The van der Waals surface area contributed by atoms with Gasteiger partial charge in [0.05, 0.1) is 21.3 Å². The normalized spacial score (nSPS) is 10.6. The fourth-order valence-electron chi connectivity index (χ4n) is 3.46. The minimum atomic E-state index is -0.590. The van der Waals surface area contributed by atoms with Crippen LogP contribution < -0.4 is 28.4 Å². The van der Waals surface area contributed by atoms with E-state index in [0.717, 1.165) is 0 Å². The van der Waals surface area contributed by atoms with Gasteiger partial charge in [-0.15, -0.1) is 0 Å². The average molecular weight is 442 g/mol. The van der Waals surface area contributed by atoms with Crippen LogP contribution in [0, 0.1) is 0 Å². The monoisotopic (exact) mass is 442 g/mol. The van der Waals surface area contributed by atoms with Crippen LogP contribution in [0.3, 0.4) is 0 Å². The molecule has 0 saturated heterocycles. The van der Waals surface area contributed by atoms with Crippen molar-refractivity contribution in [3.8, 4) is 34.5 Å². The Morgan fingerprint density at radius 2 is 1.16 bits per heavy atom. The first-order valence-corrected chi connectivity index (χ1v) is 9.49. The molecule has 0 radical (unpaired) electrons. The van der Waals surface area contributed by atoms with Gasteiger partial charge in [0.25, 0.3) is 0 Å². The average Bonchev–Trinajstić information content (AvgIpc) is 2.72. The van der Waals surface area contributed by atoms with Crippen LogP contribution >= 0.6 is 0 Å². The molecule has 32 heavy (non-hydrogen) atoms. The molecule has 0 aliphatic heterocycles. The minimum absolute atomic E-state index is 0.0713. The Bertz CT molecular complexity index is 1240. The number of carbonyl (C=O) groups excluding carboxylic acids is 3. The molecular weight excluding hydrogens is 420 g/mol. The molecule has 0 heterocycles. The van der Waals surface area contributed by atoms with E-state index >= 15 is 0 Å². The van der Waals surface area contributed by atoms with Gasteiger partial charge in [-0.05, 0) is 29.0 Å². The molecule has 3 aromatic carbocycles. The summed E-state index contributed by atoms with van der Waals surface area (Å²) >= 11 is 0. The summed E-state index contributed by atoms with van der Waals surface area (Å²) in [7, 11) is 4.18. The van der Waals surface area contributed by atoms with Gasteiger partial charge in [-0.3, -0.25) is 14.4 Å². The van der Waals surface area contributed by atoms with Crippen molar-refractivity contribution in [2.75, 3.05) is 21.3 Å². The Morgan fingerprint density at radius 1 is 0.594 bits per heavy atom. The third-order valence-electron chi connectivity index (χ3n) is 4.55. The summed E-state index contributed by atoms with van der Waals surface area (Å²) in [6.07, 6.45) is 0. The number of esters is 3. The van der Waals surface area contributed by atoms with E-state index < -0.39 is 17.9 Å². The standard InChI is InChI=1S/C23H22O9/c1-11(24)30-18-9-14-7-8-15-19(16(14)10-17(18)27-4)21(32-13(3)26)23(29-6)22(28-5)20(15)31-12(2)25/h7-10H,1-6H3. The highest BCUT2D eigenvalue weighted by atomic mass is 16.6. The highest BCUT2D eigenvalue weighted by Crippen LogP contribution is 2.53. The Balaban J connectivity index is 2.55. The molecule has 0 aliphatic carbocycles. The van der Waals surface area contributed by atoms with Crippen molar-refractivity contribution in [2.45, 2.75) is 20.8 Å². The van der Waals surface area contributed by atoms with E-state index in [1.165, 1.54) is 42.1 Å². The van der Waals surface area contributed by atoms with E-state index in [4.69, 9.17) is 28.4 Å². The summed E-state index contributed by atoms with van der Waals surface area (Å²) in [5, 5.41) is 2.06. The first-order chi connectivity index (χ1) is 15.2. The lowest BCUT2D eigenvalue weighted by atomic mass is 9.98. The van der Waals surface area contributed by atoms with E-state index in [1.54, 1.807) is 24.3 Å². The second-order valence-electron chi connectivity index (χ2n) is 6.72. The number of fused-ring (bicyclic) bond motifs is 3. The smallest absolute Gasteiger partial charge is 0.308 e. The van der Waals surface area contributed by atoms with Gasteiger partial charge in [-0.2, -0.15) is 0 Å². The van der Waals surface area contributed by atoms with Gasteiger partial charge < -0.3 is 28.4 Å². The number of rotatable bonds is 6. The molecule has 0 atom stereocenters. The van der Waals surface area contributed by atoms with Gasteiger partial charge in [-0.25, -0.2) is 0 Å². The molecule has 168 valence electrons. The first-order valence-electron chi connectivity index (χ1n) is 9.49. The summed E-state index contributed by atoms with van der Waals surface area (Å²) in [6, 6.07) is 6.66. The fraction of sp³-hybridized carbons (Fsp3) is 0.261. The number of ether oxygens (including phenoxy) is 6. The molecule has 0 aliphatic rings. The van der Waals surface area contributed by atoms with Crippen LogP contribution in [0.15, 0.2) is 24.3 Å². The number of methoxy groups -OCH3 is 3. The lowest BCUT2D eigenvalue weighted by Crippen LogP contribution is -2.08. The van der Waals surface area contributed by atoms with Crippen LogP contribution in [-0.2, 0) is 14.4 Å². The molecule has 0 amide bonds. The van der Waals surface area contributed by atoms with E-state index in [2.05, 4.69) is 0 Å². The lowest BCUT2D eigenvalue weighted by Gasteiger charge is -2.20. The zero-order valence-corrected chi connectivity index (χ0v) is 18.5. The largest absolute Gasteiger partial charge is 0.493 e. The summed E-state index contributed by atoms with van der Waals surface area (Å²) in [5.74, 6) is -0.825. The predicted octanol–water partition coefficient (Wildman–Crippen LogP) is 3.79. The van der Waals surface area contributed by atoms with Crippen LogP contribution in [0.4, 0.5) is 0 Å². The quantitative estimate of drug-likeness (QED) is 0.320. The van der Waals surface area contributed by atoms with Crippen LogP contribution in [0.2, 0.25) is 0 Å². The molecule has 9 nitrogen and oxygen atoms in total. The highest BCUT2D eigenvalue weighted by molar-refractivity contribution is 6.16. The third-order valence-corrected chi connectivity index (χ3v) is 4.55. The summed E-state index contributed by atoms with van der Waals surface area (Å²) in [6.45, 7) is 3.79. The van der Waals surface area contributed by atoms with Crippen LogP contribution in [-0.4, -0.2) is 39.2 Å². The van der Waals surface area contributed by atoms with E-state index in [1.807, 2.05) is 0 Å². The van der Waals surface area contributed by atoms with Crippen LogP contribution in [0.25, 0.3) is 21.5 Å². The van der Waals surface area contributed by atoms with Gasteiger partial charge in [-0.1, -0.05) is 6.07 Å². The molecule has 0 spiro atoms. The van der Waals surface area contributed by atoms with Gasteiger partial charge in [0.2, 0.25) is 11.5 Å². The molecule has 0 unspecified atom stereocenters. The van der Waals surface area contributed by atoms with Crippen molar-refractivity contribution in [2.24, 2.45) is 0 Å². The van der Waals surface area contributed by atoms with Crippen molar-refractivity contribution in [3.05, 3.63) is 24.3 Å². The van der Waals surface area contributed by atoms with Crippen LogP contribution in [0.1, 0.15) is 20.8 Å². The predicted molar refractivity (Wildman–Crippen MR) is 115 cm³/mol. The Hall–Kier alpha value is -4.01. The van der Waals surface area contributed by atoms with Gasteiger partial charge in [0.15, 0.2) is 23.0 Å². The van der Waals surface area contributed by atoms with E-state index in [0.29, 0.717) is 21.5 Å².